The largest absolute Gasteiger partial charge is 0.465 e. The minimum Gasteiger partial charge on any atom is -0.465 e. The summed E-state index contributed by atoms with van der Waals surface area (Å²) in [6, 6.07) is 11.8. The number of thioether (sulfide) groups is 1. The average Bonchev–Trinajstić information content (AvgIpc) is 3.04. The van der Waals surface area contributed by atoms with Gasteiger partial charge in [0.2, 0.25) is 0 Å². The highest BCUT2D eigenvalue weighted by atomic mass is 32.2. The Morgan fingerprint density at radius 3 is 2.58 bits per heavy atom. The van der Waals surface area contributed by atoms with Crippen molar-refractivity contribution >= 4 is 55.0 Å². The summed E-state index contributed by atoms with van der Waals surface area (Å²) in [4.78, 5) is 30.7. The Balaban J connectivity index is 2.17. The van der Waals surface area contributed by atoms with Crippen molar-refractivity contribution < 1.29 is 22.7 Å². The van der Waals surface area contributed by atoms with E-state index < -0.39 is 21.7 Å². The summed E-state index contributed by atoms with van der Waals surface area (Å²) in [6.07, 6.45) is 1.13. The fourth-order valence-electron chi connectivity index (χ4n) is 2.93. The molecular weight excluding hydrogens is 456 g/mol. The molecule has 0 unspecified atom stereocenters. The number of benzene rings is 2. The van der Waals surface area contributed by atoms with Gasteiger partial charge >= 0.3 is 5.97 Å². The number of carbonyl (C=O) groups excluding carboxylic acids is 2. The van der Waals surface area contributed by atoms with E-state index in [1.54, 1.807) is 41.5 Å². The maximum atomic E-state index is 13.0. The van der Waals surface area contributed by atoms with Crippen molar-refractivity contribution in [3.05, 3.63) is 52.8 Å². The first-order chi connectivity index (χ1) is 14.7. The molecule has 0 fully saturated rings. The first kappa shape index (κ1) is 23.2. The Morgan fingerprint density at radius 1 is 1.16 bits per heavy atom. The Labute approximate surface area is 188 Å². The van der Waals surface area contributed by atoms with Crippen LogP contribution in [0.1, 0.15) is 24.2 Å². The minimum absolute atomic E-state index is 0.135. The molecule has 0 atom stereocenters. The van der Waals surface area contributed by atoms with E-state index in [0.29, 0.717) is 20.6 Å². The van der Waals surface area contributed by atoms with Gasteiger partial charge in [0.25, 0.3) is 5.91 Å². The molecule has 31 heavy (non-hydrogen) atoms. The van der Waals surface area contributed by atoms with E-state index in [9.17, 15) is 18.0 Å². The maximum Gasteiger partial charge on any atom is 0.326 e. The molecule has 0 spiro atoms. The molecule has 0 aliphatic heterocycles. The summed E-state index contributed by atoms with van der Waals surface area (Å²) in [5.74, 6) is -0.0844. The van der Waals surface area contributed by atoms with Gasteiger partial charge in [0.1, 0.15) is 6.54 Å². The van der Waals surface area contributed by atoms with Crippen molar-refractivity contribution in [2.24, 2.45) is 4.99 Å². The summed E-state index contributed by atoms with van der Waals surface area (Å²) < 4.78 is 31.1. The van der Waals surface area contributed by atoms with Crippen LogP contribution in [0.15, 0.2) is 57.2 Å². The SMILES string of the molecule is CCOC(=O)Cn1c(=NC(=O)c2ccccc2SCC)sc2cc(S(C)(=O)=O)ccc21. The number of nitrogens with zero attached hydrogens (tertiary/aromatic N) is 2. The lowest BCUT2D eigenvalue weighted by atomic mass is 10.2. The third kappa shape index (κ3) is 5.44. The first-order valence-corrected chi connectivity index (χ1v) is 13.2. The van der Waals surface area contributed by atoms with Gasteiger partial charge in [-0.05, 0) is 43.0 Å². The van der Waals surface area contributed by atoms with E-state index in [1.807, 2.05) is 19.1 Å². The second-order valence-corrected chi connectivity index (χ2v) is 10.9. The molecular formula is C21H22N2O5S3. The van der Waals surface area contributed by atoms with Crippen molar-refractivity contribution in [1.82, 2.24) is 4.57 Å². The van der Waals surface area contributed by atoms with Crippen LogP contribution < -0.4 is 4.80 Å². The quantitative estimate of drug-likeness (QED) is 0.381. The summed E-state index contributed by atoms with van der Waals surface area (Å²) in [5, 5.41) is 0. The number of amides is 1. The molecule has 3 rings (SSSR count). The number of hydrogen-bond acceptors (Lipinski definition) is 7. The van der Waals surface area contributed by atoms with E-state index in [4.69, 9.17) is 4.74 Å². The molecule has 2 aromatic carbocycles. The van der Waals surface area contributed by atoms with E-state index in [2.05, 4.69) is 4.99 Å². The predicted octanol–water partition coefficient (Wildman–Crippen LogP) is 3.52. The zero-order chi connectivity index (χ0) is 22.6. The molecule has 0 radical (unpaired) electrons. The van der Waals surface area contributed by atoms with Crippen LogP contribution in [0.25, 0.3) is 10.2 Å². The minimum atomic E-state index is -3.40. The van der Waals surface area contributed by atoms with Gasteiger partial charge in [-0.3, -0.25) is 9.59 Å². The van der Waals surface area contributed by atoms with Crippen LogP contribution in [0.3, 0.4) is 0 Å². The molecule has 0 saturated heterocycles. The highest BCUT2D eigenvalue weighted by Crippen LogP contribution is 2.24. The van der Waals surface area contributed by atoms with Crippen molar-refractivity contribution in [3.63, 3.8) is 0 Å². The van der Waals surface area contributed by atoms with Gasteiger partial charge in [0.05, 0.1) is 27.3 Å². The van der Waals surface area contributed by atoms with Crippen molar-refractivity contribution in [3.8, 4) is 0 Å². The number of aromatic nitrogens is 1. The average molecular weight is 479 g/mol. The van der Waals surface area contributed by atoms with E-state index in [-0.39, 0.29) is 18.0 Å². The number of thiazole rings is 1. The van der Waals surface area contributed by atoms with Gasteiger partial charge < -0.3 is 9.30 Å². The second-order valence-electron chi connectivity index (χ2n) is 6.52. The highest BCUT2D eigenvalue weighted by Gasteiger charge is 2.16. The molecule has 7 nitrogen and oxygen atoms in total. The highest BCUT2D eigenvalue weighted by molar-refractivity contribution is 7.99. The molecule has 0 aliphatic rings. The zero-order valence-corrected chi connectivity index (χ0v) is 19.8. The summed E-state index contributed by atoms with van der Waals surface area (Å²) in [6.45, 7) is 3.81. The van der Waals surface area contributed by atoms with Crippen LogP contribution in [0.4, 0.5) is 0 Å². The fraction of sp³-hybridized carbons (Fsp3) is 0.286. The lowest BCUT2D eigenvalue weighted by Gasteiger charge is -2.06. The van der Waals surface area contributed by atoms with Gasteiger partial charge in [0.15, 0.2) is 14.6 Å². The summed E-state index contributed by atoms with van der Waals surface area (Å²) >= 11 is 2.70. The third-order valence-corrected chi connectivity index (χ3v) is 7.40. The molecule has 1 heterocycles. The van der Waals surface area contributed by atoms with Crippen LogP contribution in [0.5, 0.6) is 0 Å². The van der Waals surface area contributed by atoms with Crippen molar-refractivity contribution in [1.29, 1.82) is 0 Å². The monoisotopic (exact) mass is 478 g/mol. The number of esters is 1. The number of ether oxygens (including phenoxy) is 1. The van der Waals surface area contributed by atoms with Gasteiger partial charge in [-0.15, -0.1) is 11.8 Å². The van der Waals surface area contributed by atoms with Gasteiger partial charge in [-0.25, -0.2) is 8.42 Å². The first-order valence-electron chi connectivity index (χ1n) is 9.54. The van der Waals surface area contributed by atoms with Gasteiger partial charge in [-0.1, -0.05) is 30.4 Å². The summed E-state index contributed by atoms with van der Waals surface area (Å²) in [7, 11) is -3.40. The molecule has 0 N–H and O–H groups in total. The van der Waals surface area contributed by atoms with E-state index >= 15 is 0 Å². The van der Waals surface area contributed by atoms with Crippen LogP contribution in [-0.2, 0) is 25.9 Å². The van der Waals surface area contributed by atoms with Gasteiger partial charge in [0, 0.05) is 11.2 Å². The number of carbonyl (C=O) groups is 2. The molecule has 0 bridgehead atoms. The number of rotatable bonds is 7. The van der Waals surface area contributed by atoms with Crippen molar-refractivity contribution in [2.75, 3.05) is 18.6 Å². The molecule has 1 amide bonds. The Bertz CT molecular complexity index is 1310. The Morgan fingerprint density at radius 2 is 1.90 bits per heavy atom. The lowest BCUT2D eigenvalue weighted by molar-refractivity contribution is -0.143. The maximum absolute atomic E-state index is 13.0. The molecule has 1 aromatic heterocycles. The van der Waals surface area contributed by atoms with Crippen LogP contribution in [-0.4, -0.2) is 43.5 Å². The Hall–Kier alpha value is -2.43. The van der Waals surface area contributed by atoms with E-state index in [0.717, 1.165) is 28.2 Å². The lowest BCUT2D eigenvalue weighted by Crippen LogP contribution is -2.23. The topological polar surface area (TPSA) is 94.8 Å². The summed E-state index contributed by atoms with van der Waals surface area (Å²) in [5.41, 5.74) is 1.08. The molecule has 0 saturated carbocycles. The number of hydrogen-bond donors (Lipinski definition) is 0. The van der Waals surface area contributed by atoms with E-state index in [1.165, 1.54) is 12.1 Å². The second kappa shape index (κ2) is 9.80. The Kier molecular flexibility index (Phi) is 7.34. The predicted molar refractivity (Wildman–Crippen MR) is 122 cm³/mol. The number of sulfone groups is 1. The van der Waals surface area contributed by atoms with Crippen LogP contribution >= 0.6 is 23.1 Å². The standard InChI is InChI=1S/C21H22N2O5S3/c1-4-28-19(24)13-23-16-11-10-14(31(3,26)27)12-18(16)30-21(23)22-20(25)15-8-6-7-9-17(15)29-5-2/h6-12H,4-5,13H2,1-3H3. The van der Waals surface area contributed by atoms with Crippen molar-refractivity contribution in [2.45, 2.75) is 30.2 Å². The molecule has 164 valence electrons. The molecule has 3 aromatic rings. The number of fused-ring (bicyclic) bond motifs is 1. The smallest absolute Gasteiger partial charge is 0.326 e. The van der Waals surface area contributed by atoms with Crippen LogP contribution in [0.2, 0.25) is 0 Å². The van der Waals surface area contributed by atoms with Crippen LogP contribution in [0, 0.1) is 0 Å². The molecule has 0 aliphatic carbocycles. The zero-order valence-electron chi connectivity index (χ0n) is 17.3. The normalized spacial score (nSPS) is 12.3. The fourth-order valence-corrected chi connectivity index (χ4v) is 5.52. The molecule has 10 heteroatoms. The van der Waals surface area contributed by atoms with Gasteiger partial charge in [-0.2, -0.15) is 4.99 Å². The third-order valence-electron chi connectivity index (χ3n) is 4.29.